The van der Waals surface area contributed by atoms with Crippen LogP contribution in [0.3, 0.4) is 0 Å². The van der Waals surface area contributed by atoms with Crippen molar-refractivity contribution in [1.82, 2.24) is 15.3 Å². The van der Waals surface area contributed by atoms with E-state index in [9.17, 15) is 4.39 Å². The number of benzene rings is 1. The SMILES string of the molecule is Fc1ccc(C(NCc2ncc[nH]2)C2CCC2)cc1. The van der Waals surface area contributed by atoms with E-state index in [2.05, 4.69) is 15.3 Å². The minimum Gasteiger partial charge on any atom is -0.348 e. The summed E-state index contributed by atoms with van der Waals surface area (Å²) in [5, 5.41) is 3.54. The molecule has 0 bridgehead atoms. The van der Waals surface area contributed by atoms with E-state index in [1.165, 1.54) is 31.4 Å². The molecule has 2 N–H and O–H groups in total. The van der Waals surface area contributed by atoms with Crippen LogP contribution in [-0.2, 0) is 6.54 Å². The molecule has 0 amide bonds. The third kappa shape index (κ3) is 2.84. The Hall–Kier alpha value is -1.68. The van der Waals surface area contributed by atoms with Gasteiger partial charge in [0.15, 0.2) is 0 Å². The second-order valence-corrected chi connectivity index (χ2v) is 5.14. The number of aromatic nitrogens is 2. The van der Waals surface area contributed by atoms with Crippen molar-refractivity contribution in [2.75, 3.05) is 0 Å². The van der Waals surface area contributed by atoms with E-state index in [1.807, 2.05) is 18.3 Å². The molecular weight excluding hydrogens is 241 g/mol. The quantitative estimate of drug-likeness (QED) is 0.865. The number of rotatable bonds is 5. The summed E-state index contributed by atoms with van der Waals surface area (Å²) in [6.45, 7) is 0.714. The molecule has 1 atom stereocenters. The maximum absolute atomic E-state index is 13.0. The van der Waals surface area contributed by atoms with Gasteiger partial charge in [-0.25, -0.2) is 9.37 Å². The minimum atomic E-state index is -0.179. The van der Waals surface area contributed by atoms with Gasteiger partial charge in [-0.15, -0.1) is 0 Å². The van der Waals surface area contributed by atoms with Gasteiger partial charge < -0.3 is 10.3 Å². The topological polar surface area (TPSA) is 40.7 Å². The molecule has 3 nitrogen and oxygen atoms in total. The molecule has 0 radical (unpaired) electrons. The smallest absolute Gasteiger partial charge is 0.123 e. The Morgan fingerprint density at radius 3 is 2.68 bits per heavy atom. The van der Waals surface area contributed by atoms with Crippen molar-refractivity contribution in [3.8, 4) is 0 Å². The molecule has 1 heterocycles. The normalized spacial score (nSPS) is 17.1. The van der Waals surface area contributed by atoms with E-state index >= 15 is 0 Å². The Balaban J connectivity index is 1.71. The van der Waals surface area contributed by atoms with Crippen molar-refractivity contribution in [2.24, 2.45) is 5.92 Å². The molecule has 1 aliphatic carbocycles. The Kier molecular flexibility index (Phi) is 3.60. The number of hydrogen-bond donors (Lipinski definition) is 2. The summed E-state index contributed by atoms with van der Waals surface area (Å²) in [5.74, 6) is 1.41. The zero-order valence-electron chi connectivity index (χ0n) is 10.8. The van der Waals surface area contributed by atoms with Crippen LogP contribution in [0.2, 0.25) is 0 Å². The third-order valence-electron chi connectivity index (χ3n) is 3.89. The first-order chi connectivity index (χ1) is 9.33. The zero-order valence-corrected chi connectivity index (χ0v) is 10.8. The lowest BCUT2D eigenvalue weighted by atomic mass is 9.77. The molecule has 0 aliphatic heterocycles. The van der Waals surface area contributed by atoms with Crippen molar-refractivity contribution in [3.05, 3.63) is 53.9 Å². The van der Waals surface area contributed by atoms with Gasteiger partial charge in [-0.3, -0.25) is 0 Å². The van der Waals surface area contributed by atoms with Gasteiger partial charge in [-0.1, -0.05) is 18.6 Å². The summed E-state index contributed by atoms with van der Waals surface area (Å²) < 4.78 is 13.0. The van der Waals surface area contributed by atoms with Crippen molar-refractivity contribution in [1.29, 1.82) is 0 Å². The van der Waals surface area contributed by atoms with Crippen LogP contribution in [0.4, 0.5) is 4.39 Å². The molecule has 1 aliphatic rings. The highest BCUT2D eigenvalue weighted by Crippen LogP contribution is 2.37. The fourth-order valence-corrected chi connectivity index (χ4v) is 2.60. The Bertz CT molecular complexity index is 503. The number of H-pyrrole nitrogens is 1. The number of nitrogens with one attached hydrogen (secondary N) is 2. The molecule has 2 aromatic rings. The molecule has 1 saturated carbocycles. The first-order valence-electron chi connectivity index (χ1n) is 6.80. The summed E-state index contributed by atoms with van der Waals surface area (Å²) >= 11 is 0. The van der Waals surface area contributed by atoms with Crippen LogP contribution >= 0.6 is 0 Å². The van der Waals surface area contributed by atoms with E-state index in [0.29, 0.717) is 18.5 Å². The van der Waals surface area contributed by atoms with E-state index in [4.69, 9.17) is 0 Å². The average molecular weight is 259 g/mol. The van der Waals surface area contributed by atoms with Crippen LogP contribution in [0.25, 0.3) is 0 Å². The van der Waals surface area contributed by atoms with Gasteiger partial charge in [0.05, 0.1) is 6.54 Å². The number of aromatic amines is 1. The Labute approximate surface area is 112 Å². The lowest BCUT2D eigenvalue weighted by molar-refractivity contribution is 0.228. The van der Waals surface area contributed by atoms with Crippen LogP contribution in [0.5, 0.6) is 0 Å². The van der Waals surface area contributed by atoms with Crippen LogP contribution in [-0.4, -0.2) is 9.97 Å². The fourth-order valence-electron chi connectivity index (χ4n) is 2.60. The lowest BCUT2D eigenvalue weighted by Crippen LogP contribution is -2.32. The predicted molar refractivity (Wildman–Crippen MR) is 71.9 cm³/mol. The van der Waals surface area contributed by atoms with Gasteiger partial charge >= 0.3 is 0 Å². The summed E-state index contributed by atoms with van der Waals surface area (Å²) in [4.78, 5) is 7.32. The Morgan fingerprint density at radius 2 is 2.11 bits per heavy atom. The highest BCUT2D eigenvalue weighted by Gasteiger charge is 2.28. The molecule has 3 rings (SSSR count). The largest absolute Gasteiger partial charge is 0.348 e. The van der Waals surface area contributed by atoms with Crippen molar-refractivity contribution in [2.45, 2.75) is 31.8 Å². The van der Waals surface area contributed by atoms with Crippen LogP contribution in [0.1, 0.15) is 36.7 Å². The average Bonchev–Trinajstić information content (AvgIpc) is 2.86. The number of halogens is 1. The summed E-state index contributed by atoms with van der Waals surface area (Å²) in [5.41, 5.74) is 1.16. The first-order valence-corrected chi connectivity index (χ1v) is 6.80. The van der Waals surface area contributed by atoms with Crippen LogP contribution in [0.15, 0.2) is 36.7 Å². The van der Waals surface area contributed by atoms with Crippen LogP contribution in [0, 0.1) is 11.7 Å². The predicted octanol–water partition coefficient (Wildman–Crippen LogP) is 3.18. The van der Waals surface area contributed by atoms with E-state index in [1.54, 1.807) is 6.20 Å². The van der Waals surface area contributed by atoms with Crippen molar-refractivity contribution < 1.29 is 4.39 Å². The number of imidazole rings is 1. The molecule has 0 saturated heterocycles. The summed E-state index contributed by atoms with van der Waals surface area (Å²) in [6.07, 6.45) is 7.37. The lowest BCUT2D eigenvalue weighted by Gasteiger charge is -2.34. The molecule has 4 heteroatoms. The maximum Gasteiger partial charge on any atom is 0.123 e. The summed E-state index contributed by atoms with van der Waals surface area (Å²) in [6, 6.07) is 7.13. The van der Waals surface area contributed by atoms with Gasteiger partial charge in [-0.2, -0.15) is 0 Å². The van der Waals surface area contributed by atoms with Gasteiger partial charge in [0, 0.05) is 18.4 Å². The monoisotopic (exact) mass is 259 g/mol. The zero-order chi connectivity index (χ0) is 13.1. The van der Waals surface area contributed by atoms with Gasteiger partial charge in [0.1, 0.15) is 11.6 Å². The molecule has 1 unspecified atom stereocenters. The van der Waals surface area contributed by atoms with E-state index < -0.39 is 0 Å². The molecule has 1 aromatic carbocycles. The maximum atomic E-state index is 13.0. The third-order valence-corrected chi connectivity index (χ3v) is 3.89. The number of nitrogens with zero attached hydrogens (tertiary/aromatic N) is 1. The van der Waals surface area contributed by atoms with E-state index in [-0.39, 0.29) is 5.82 Å². The minimum absolute atomic E-state index is 0.179. The second kappa shape index (κ2) is 5.53. The number of hydrogen-bond acceptors (Lipinski definition) is 2. The fraction of sp³-hybridized carbons (Fsp3) is 0.400. The summed E-state index contributed by atoms with van der Waals surface area (Å²) in [7, 11) is 0. The molecule has 1 aromatic heterocycles. The molecule has 100 valence electrons. The van der Waals surface area contributed by atoms with Crippen LogP contribution < -0.4 is 5.32 Å². The molecule has 1 fully saturated rings. The molecular formula is C15H18FN3. The van der Waals surface area contributed by atoms with Gasteiger partial charge in [0.25, 0.3) is 0 Å². The molecule has 19 heavy (non-hydrogen) atoms. The first kappa shape index (κ1) is 12.4. The second-order valence-electron chi connectivity index (χ2n) is 5.14. The van der Waals surface area contributed by atoms with Crippen molar-refractivity contribution in [3.63, 3.8) is 0 Å². The van der Waals surface area contributed by atoms with Gasteiger partial charge in [0.2, 0.25) is 0 Å². The Morgan fingerprint density at radius 1 is 1.32 bits per heavy atom. The highest BCUT2D eigenvalue weighted by atomic mass is 19.1. The van der Waals surface area contributed by atoms with E-state index in [0.717, 1.165) is 11.4 Å². The highest BCUT2D eigenvalue weighted by molar-refractivity contribution is 5.21. The standard InChI is InChI=1S/C15H18FN3/c16-13-6-4-12(5-7-13)15(11-2-1-3-11)19-10-14-17-8-9-18-14/h4-9,11,15,19H,1-3,10H2,(H,17,18). The van der Waals surface area contributed by atoms with Crippen molar-refractivity contribution >= 4 is 0 Å². The van der Waals surface area contributed by atoms with Gasteiger partial charge in [-0.05, 0) is 36.5 Å². The molecule has 0 spiro atoms.